The van der Waals surface area contributed by atoms with E-state index in [9.17, 15) is 24.3 Å². The third kappa shape index (κ3) is 2.83. The van der Waals surface area contributed by atoms with Gasteiger partial charge >= 0.3 is 0 Å². The number of nitrogens with zero attached hydrogens (tertiary/aromatic N) is 2. The fraction of sp³-hybridized carbons (Fsp3) is 0.478. The van der Waals surface area contributed by atoms with E-state index < -0.39 is 45.2 Å². The van der Waals surface area contributed by atoms with Crippen LogP contribution in [0.1, 0.15) is 31.2 Å². The Kier molecular flexibility index (Phi) is 5.63. The quantitative estimate of drug-likeness (QED) is 0.250. The first-order valence-electron chi connectivity index (χ1n) is 10.9. The van der Waals surface area contributed by atoms with Gasteiger partial charge in [0.1, 0.15) is 5.75 Å². The minimum Gasteiger partial charge on any atom is -0.508 e. The number of halogens is 4. The molecule has 180 valence electrons. The molecule has 0 bridgehead atoms. The summed E-state index contributed by atoms with van der Waals surface area (Å²) in [5.41, 5.74) is 0.979. The van der Waals surface area contributed by atoms with Crippen molar-refractivity contribution in [2.24, 2.45) is 17.8 Å². The molecule has 0 unspecified atom stereocenters. The summed E-state index contributed by atoms with van der Waals surface area (Å²) in [6.45, 7) is 1.99. The van der Waals surface area contributed by atoms with Crippen molar-refractivity contribution in [3.8, 4) is 5.75 Å². The van der Waals surface area contributed by atoms with E-state index in [1.165, 1.54) is 17.0 Å². The summed E-state index contributed by atoms with van der Waals surface area (Å²) < 4.78 is 0. The number of hydrogen-bond donors (Lipinski definition) is 1. The molecule has 34 heavy (non-hydrogen) atoms. The zero-order chi connectivity index (χ0) is 24.7. The lowest BCUT2D eigenvalue weighted by Crippen LogP contribution is -2.60. The Morgan fingerprint density at radius 2 is 1.79 bits per heavy atom. The maximum atomic E-state index is 13.6. The number of likely N-dealkylation sites (tertiary alicyclic amines) is 2. The fourth-order valence-corrected chi connectivity index (χ4v) is 7.93. The summed E-state index contributed by atoms with van der Waals surface area (Å²) in [4.78, 5) is 51.7. The predicted octanol–water partition coefficient (Wildman–Crippen LogP) is 3.78. The maximum Gasteiger partial charge on any atom is 0.254 e. The molecule has 11 heteroatoms. The minimum atomic E-state index is -1.91. The molecule has 7 nitrogen and oxygen atoms in total. The van der Waals surface area contributed by atoms with Crippen LogP contribution in [0, 0.1) is 17.8 Å². The highest BCUT2D eigenvalue weighted by molar-refractivity contribution is 9.09. The molecule has 0 radical (unpaired) electrons. The van der Waals surface area contributed by atoms with Crippen LogP contribution < -0.4 is 0 Å². The standard InChI is InChI=1S/C23H20BrCl3N2O5/c1-2-28-18(31)13-6-5-11-14(16(13)19(28)32)8-22(26)20(33)29(9-24)21(34)23(22,27)17(11)12-4-3-10(30)7-15(12)25/h3-5,7,13-14,16-17,30H,2,6,8-9H2,1H3/t13-,14+,16-,17+,22+,23-/m0/s1. The Bertz CT molecular complexity index is 1190. The Balaban J connectivity index is 1.75. The number of amides is 4. The molecular weight excluding hydrogens is 571 g/mol. The third-order valence-electron chi connectivity index (χ3n) is 7.72. The molecule has 4 amide bonds. The van der Waals surface area contributed by atoms with E-state index in [2.05, 4.69) is 15.9 Å². The summed E-state index contributed by atoms with van der Waals surface area (Å²) in [6, 6.07) is 4.29. The summed E-state index contributed by atoms with van der Waals surface area (Å²) in [7, 11) is 0. The lowest BCUT2D eigenvalue weighted by Gasteiger charge is -2.51. The Morgan fingerprint density at radius 3 is 2.41 bits per heavy atom. The van der Waals surface area contributed by atoms with Gasteiger partial charge in [-0.3, -0.25) is 29.0 Å². The predicted molar refractivity (Wildman–Crippen MR) is 129 cm³/mol. The maximum absolute atomic E-state index is 13.6. The van der Waals surface area contributed by atoms with Crippen molar-refractivity contribution < 1.29 is 24.3 Å². The van der Waals surface area contributed by atoms with Gasteiger partial charge in [-0.25, -0.2) is 0 Å². The molecule has 2 aliphatic carbocycles. The second-order valence-corrected chi connectivity index (χ2v) is 11.3. The zero-order valence-electron chi connectivity index (χ0n) is 17.9. The van der Waals surface area contributed by atoms with Gasteiger partial charge in [0.15, 0.2) is 9.75 Å². The highest BCUT2D eigenvalue weighted by Gasteiger charge is 2.76. The largest absolute Gasteiger partial charge is 0.508 e. The van der Waals surface area contributed by atoms with Gasteiger partial charge in [-0.15, -0.1) is 23.2 Å². The number of aromatic hydroxyl groups is 1. The lowest BCUT2D eigenvalue weighted by molar-refractivity contribution is -0.141. The van der Waals surface area contributed by atoms with E-state index >= 15 is 0 Å². The van der Waals surface area contributed by atoms with E-state index in [0.717, 1.165) is 4.90 Å². The van der Waals surface area contributed by atoms with Gasteiger partial charge in [0.25, 0.3) is 11.8 Å². The number of benzene rings is 1. The molecule has 1 saturated carbocycles. The molecule has 2 heterocycles. The summed E-state index contributed by atoms with van der Waals surface area (Å²) in [5, 5.41) is 10.1. The SMILES string of the molecule is CCN1C(=O)[C@H]2[C@H](CC=C3[C@H]2C[C@@]2(Cl)C(=O)N(CBr)C(=O)[C@@]2(Cl)[C@H]3c2ccc(O)cc2Cl)C1=O. The second kappa shape index (κ2) is 7.95. The number of allylic oxidation sites excluding steroid dienone is 2. The Hall–Kier alpha value is -1.61. The van der Waals surface area contributed by atoms with Crippen molar-refractivity contribution in [2.75, 3.05) is 12.0 Å². The second-order valence-electron chi connectivity index (χ2n) is 9.11. The van der Waals surface area contributed by atoms with Crippen molar-refractivity contribution in [3.05, 3.63) is 40.4 Å². The first kappa shape index (κ1) is 24.1. The third-order valence-corrected chi connectivity index (χ3v) is 9.96. The molecule has 0 spiro atoms. The van der Waals surface area contributed by atoms with Gasteiger partial charge in [0, 0.05) is 17.5 Å². The highest BCUT2D eigenvalue weighted by Crippen LogP contribution is 2.66. The number of carbonyl (C=O) groups is 4. The first-order valence-corrected chi connectivity index (χ1v) is 13.1. The molecule has 2 aliphatic heterocycles. The number of phenols is 1. The number of imide groups is 2. The molecule has 1 aromatic carbocycles. The van der Waals surface area contributed by atoms with Crippen LogP contribution in [0.4, 0.5) is 0 Å². The van der Waals surface area contributed by atoms with E-state index in [-0.39, 0.29) is 41.0 Å². The minimum absolute atomic E-state index is 0.0676. The number of alkyl halides is 3. The molecule has 3 fully saturated rings. The van der Waals surface area contributed by atoms with Gasteiger partial charge in [0.05, 0.1) is 17.3 Å². The molecular formula is C23H20BrCl3N2O5. The molecule has 0 aromatic heterocycles. The van der Waals surface area contributed by atoms with E-state index in [0.29, 0.717) is 17.6 Å². The van der Waals surface area contributed by atoms with E-state index in [1.54, 1.807) is 13.0 Å². The zero-order valence-corrected chi connectivity index (χ0v) is 21.8. The monoisotopic (exact) mass is 588 g/mol. The van der Waals surface area contributed by atoms with Crippen LogP contribution in [0.15, 0.2) is 29.8 Å². The van der Waals surface area contributed by atoms with Crippen LogP contribution in [0.25, 0.3) is 0 Å². The van der Waals surface area contributed by atoms with Gasteiger partial charge in [-0.1, -0.05) is 45.2 Å². The van der Waals surface area contributed by atoms with Crippen LogP contribution in [0.3, 0.4) is 0 Å². The summed E-state index contributed by atoms with van der Waals surface area (Å²) in [5.74, 6) is -4.73. The van der Waals surface area contributed by atoms with Crippen molar-refractivity contribution in [1.82, 2.24) is 9.80 Å². The molecule has 6 atom stereocenters. The summed E-state index contributed by atoms with van der Waals surface area (Å²) >= 11 is 23.9. The number of hydrogen-bond acceptors (Lipinski definition) is 5. The van der Waals surface area contributed by atoms with Gasteiger partial charge in [-0.2, -0.15) is 0 Å². The van der Waals surface area contributed by atoms with Crippen LogP contribution in [-0.2, 0) is 19.2 Å². The molecule has 1 aromatic rings. The van der Waals surface area contributed by atoms with Crippen LogP contribution in [-0.4, -0.2) is 60.3 Å². The highest BCUT2D eigenvalue weighted by atomic mass is 79.9. The van der Waals surface area contributed by atoms with Crippen molar-refractivity contribution in [1.29, 1.82) is 0 Å². The Labute approximate surface area is 219 Å². The molecule has 1 N–H and O–H groups in total. The number of carbonyl (C=O) groups excluding carboxylic acids is 4. The van der Waals surface area contributed by atoms with Crippen LogP contribution in [0.2, 0.25) is 5.02 Å². The number of phenolic OH excluding ortho intramolecular Hbond substituents is 1. The molecule has 2 saturated heterocycles. The lowest BCUT2D eigenvalue weighted by atomic mass is 9.56. The number of rotatable bonds is 3. The number of fused-ring (bicyclic) bond motifs is 4. The van der Waals surface area contributed by atoms with E-state index in [1.807, 2.05) is 6.08 Å². The van der Waals surface area contributed by atoms with Crippen molar-refractivity contribution >= 4 is 74.4 Å². The smallest absolute Gasteiger partial charge is 0.254 e. The average molecular weight is 591 g/mol. The fourth-order valence-electron chi connectivity index (χ4n) is 6.23. The molecule has 5 rings (SSSR count). The first-order chi connectivity index (χ1) is 16.0. The van der Waals surface area contributed by atoms with Gasteiger partial charge < -0.3 is 5.11 Å². The van der Waals surface area contributed by atoms with Crippen LogP contribution >= 0.6 is 50.7 Å². The van der Waals surface area contributed by atoms with Crippen molar-refractivity contribution in [3.63, 3.8) is 0 Å². The Morgan fingerprint density at radius 1 is 1.09 bits per heavy atom. The normalized spacial score (nSPS) is 37.0. The summed E-state index contributed by atoms with van der Waals surface area (Å²) in [6.07, 6.45) is 2.08. The van der Waals surface area contributed by atoms with Gasteiger partial charge in [0.2, 0.25) is 11.8 Å². The van der Waals surface area contributed by atoms with Gasteiger partial charge in [-0.05, 0) is 43.4 Å². The van der Waals surface area contributed by atoms with Crippen LogP contribution in [0.5, 0.6) is 5.75 Å². The topological polar surface area (TPSA) is 95.0 Å². The van der Waals surface area contributed by atoms with Crippen molar-refractivity contribution in [2.45, 2.75) is 35.4 Å². The molecule has 4 aliphatic rings. The van der Waals surface area contributed by atoms with E-state index in [4.69, 9.17) is 34.8 Å². The average Bonchev–Trinajstić information content (AvgIpc) is 3.12.